The fourth-order valence-corrected chi connectivity index (χ4v) is 1.76. The van der Waals surface area contributed by atoms with Gasteiger partial charge in [0.15, 0.2) is 0 Å². The van der Waals surface area contributed by atoms with Crippen molar-refractivity contribution in [3.63, 3.8) is 0 Å². The molecule has 0 radical (unpaired) electrons. The molecule has 0 atom stereocenters. The molecule has 0 aromatic heterocycles. The monoisotopic (exact) mass is 313 g/mol. The van der Waals surface area contributed by atoms with Gasteiger partial charge in [-0.2, -0.15) is 5.10 Å². The number of nitrogens with one attached hydrogen (secondary N) is 2. The van der Waals surface area contributed by atoms with Crippen LogP contribution in [0.15, 0.2) is 53.6 Å². The lowest BCUT2D eigenvalue weighted by molar-refractivity contribution is -0.120. The number of rotatable bonds is 5. The Bertz CT molecular complexity index is 727. The first kappa shape index (κ1) is 16.4. The molecule has 0 aliphatic carbocycles. The summed E-state index contributed by atoms with van der Waals surface area (Å²) in [5.74, 6) is -1.51. The third-order valence-electron chi connectivity index (χ3n) is 2.98. The molecule has 0 fully saturated rings. The number of aryl methyl sites for hydroxylation is 1. The standard InChI is InChI=1S/C17H16FN3O2/c1-12-5-7-13(8-6-12)10-20-21-16(22)11-19-17(23)14-3-2-4-15(18)9-14/h2-10H,11H2,1H3,(H,19,23)(H,21,22)/b20-10+. The average Bonchev–Trinajstić information content (AvgIpc) is 2.54. The van der Waals surface area contributed by atoms with Crippen LogP contribution in [0.5, 0.6) is 0 Å². The lowest BCUT2D eigenvalue weighted by Crippen LogP contribution is -2.34. The van der Waals surface area contributed by atoms with E-state index in [0.717, 1.165) is 17.2 Å². The van der Waals surface area contributed by atoms with Crippen molar-refractivity contribution in [1.82, 2.24) is 10.7 Å². The van der Waals surface area contributed by atoms with Crippen molar-refractivity contribution in [3.8, 4) is 0 Å². The Morgan fingerprint density at radius 3 is 2.61 bits per heavy atom. The van der Waals surface area contributed by atoms with Crippen LogP contribution >= 0.6 is 0 Å². The summed E-state index contributed by atoms with van der Waals surface area (Å²) in [5, 5.41) is 6.19. The first-order valence-electron chi connectivity index (χ1n) is 6.97. The number of benzene rings is 2. The van der Waals surface area contributed by atoms with E-state index in [-0.39, 0.29) is 12.1 Å². The van der Waals surface area contributed by atoms with E-state index in [1.807, 2.05) is 31.2 Å². The summed E-state index contributed by atoms with van der Waals surface area (Å²) in [5.41, 5.74) is 4.44. The maximum atomic E-state index is 13.0. The van der Waals surface area contributed by atoms with E-state index < -0.39 is 17.6 Å². The van der Waals surface area contributed by atoms with Crippen molar-refractivity contribution in [2.24, 2.45) is 5.10 Å². The largest absolute Gasteiger partial charge is 0.343 e. The van der Waals surface area contributed by atoms with Gasteiger partial charge in [-0.15, -0.1) is 0 Å². The smallest absolute Gasteiger partial charge is 0.259 e. The van der Waals surface area contributed by atoms with Crippen molar-refractivity contribution in [2.75, 3.05) is 6.54 Å². The summed E-state index contributed by atoms with van der Waals surface area (Å²) in [6.45, 7) is 1.73. The zero-order valence-electron chi connectivity index (χ0n) is 12.5. The number of hydrogen-bond acceptors (Lipinski definition) is 3. The first-order valence-corrected chi connectivity index (χ1v) is 6.97. The van der Waals surface area contributed by atoms with E-state index in [2.05, 4.69) is 15.8 Å². The molecule has 2 N–H and O–H groups in total. The first-order chi connectivity index (χ1) is 11.0. The molecule has 2 rings (SSSR count). The van der Waals surface area contributed by atoms with Crippen LogP contribution in [0.2, 0.25) is 0 Å². The summed E-state index contributed by atoms with van der Waals surface area (Å²) in [4.78, 5) is 23.3. The molecule has 118 valence electrons. The highest BCUT2D eigenvalue weighted by Crippen LogP contribution is 2.03. The van der Waals surface area contributed by atoms with Gasteiger partial charge < -0.3 is 5.32 Å². The van der Waals surface area contributed by atoms with Gasteiger partial charge in [0.05, 0.1) is 12.8 Å². The molecule has 23 heavy (non-hydrogen) atoms. The molecule has 0 unspecified atom stereocenters. The fraction of sp³-hybridized carbons (Fsp3) is 0.118. The predicted octanol–water partition coefficient (Wildman–Crippen LogP) is 2.01. The van der Waals surface area contributed by atoms with Crippen LogP contribution in [0.25, 0.3) is 0 Å². The Morgan fingerprint density at radius 2 is 1.91 bits per heavy atom. The zero-order valence-corrected chi connectivity index (χ0v) is 12.5. The van der Waals surface area contributed by atoms with Gasteiger partial charge in [0.2, 0.25) is 0 Å². The van der Waals surface area contributed by atoms with Gasteiger partial charge in [0, 0.05) is 5.56 Å². The van der Waals surface area contributed by atoms with Crippen molar-refractivity contribution < 1.29 is 14.0 Å². The Labute approximate surface area is 133 Å². The molecule has 2 aromatic rings. The van der Waals surface area contributed by atoms with E-state index in [0.29, 0.717) is 0 Å². The van der Waals surface area contributed by atoms with Gasteiger partial charge in [-0.25, -0.2) is 9.82 Å². The van der Waals surface area contributed by atoms with Crippen LogP contribution < -0.4 is 10.7 Å². The van der Waals surface area contributed by atoms with E-state index in [1.165, 1.54) is 24.4 Å². The second-order valence-electron chi connectivity index (χ2n) is 4.90. The normalized spacial score (nSPS) is 10.5. The van der Waals surface area contributed by atoms with E-state index in [4.69, 9.17) is 0 Å². The molecule has 6 heteroatoms. The molecular weight excluding hydrogens is 297 g/mol. The zero-order chi connectivity index (χ0) is 16.7. The highest BCUT2D eigenvalue weighted by Gasteiger charge is 2.08. The maximum Gasteiger partial charge on any atom is 0.259 e. The van der Waals surface area contributed by atoms with Crippen molar-refractivity contribution in [2.45, 2.75) is 6.92 Å². The second kappa shape index (κ2) is 7.84. The third kappa shape index (κ3) is 5.35. The summed E-state index contributed by atoms with van der Waals surface area (Å²) in [6, 6.07) is 12.8. The van der Waals surface area contributed by atoms with Gasteiger partial charge in [0.1, 0.15) is 5.82 Å². The minimum absolute atomic E-state index is 0.154. The molecule has 0 saturated carbocycles. The van der Waals surface area contributed by atoms with Gasteiger partial charge >= 0.3 is 0 Å². The molecule has 0 bridgehead atoms. The summed E-state index contributed by atoms with van der Waals surface area (Å²) >= 11 is 0. The summed E-state index contributed by atoms with van der Waals surface area (Å²) < 4.78 is 13.0. The Kier molecular flexibility index (Phi) is 5.57. The molecule has 0 heterocycles. The molecule has 0 aliphatic heterocycles. The number of hydrazone groups is 1. The van der Waals surface area contributed by atoms with Gasteiger partial charge in [-0.05, 0) is 30.7 Å². The number of carbonyl (C=O) groups is 2. The van der Waals surface area contributed by atoms with E-state index in [9.17, 15) is 14.0 Å². The van der Waals surface area contributed by atoms with E-state index >= 15 is 0 Å². The minimum Gasteiger partial charge on any atom is -0.343 e. The number of carbonyl (C=O) groups excluding carboxylic acids is 2. The van der Waals surface area contributed by atoms with Gasteiger partial charge in [-0.1, -0.05) is 35.9 Å². The lowest BCUT2D eigenvalue weighted by atomic mass is 10.2. The van der Waals surface area contributed by atoms with Crippen LogP contribution in [-0.2, 0) is 4.79 Å². The van der Waals surface area contributed by atoms with Crippen molar-refractivity contribution in [1.29, 1.82) is 0 Å². The van der Waals surface area contributed by atoms with Crippen LogP contribution in [-0.4, -0.2) is 24.6 Å². The van der Waals surface area contributed by atoms with Gasteiger partial charge in [0.25, 0.3) is 11.8 Å². The molecule has 5 nitrogen and oxygen atoms in total. The molecule has 2 amide bonds. The molecule has 0 saturated heterocycles. The highest BCUT2D eigenvalue weighted by molar-refractivity contribution is 5.96. The number of hydrogen-bond donors (Lipinski definition) is 2. The third-order valence-corrected chi connectivity index (χ3v) is 2.98. The van der Waals surface area contributed by atoms with Crippen LogP contribution in [0.4, 0.5) is 4.39 Å². The fourth-order valence-electron chi connectivity index (χ4n) is 1.76. The Hall–Kier alpha value is -3.02. The molecular formula is C17H16FN3O2. The van der Waals surface area contributed by atoms with E-state index in [1.54, 1.807) is 0 Å². The van der Waals surface area contributed by atoms with Crippen LogP contribution in [0.1, 0.15) is 21.5 Å². The molecule has 2 aromatic carbocycles. The van der Waals surface area contributed by atoms with Crippen molar-refractivity contribution in [3.05, 3.63) is 71.0 Å². The highest BCUT2D eigenvalue weighted by atomic mass is 19.1. The predicted molar refractivity (Wildman–Crippen MR) is 85.6 cm³/mol. The van der Waals surface area contributed by atoms with Crippen LogP contribution in [0.3, 0.4) is 0 Å². The Morgan fingerprint density at radius 1 is 1.17 bits per heavy atom. The summed E-state index contributed by atoms with van der Waals surface area (Å²) in [7, 11) is 0. The number of amides is 2. The van der Waals surface area contributed by atoms with Gasteiger partial charge in [-0.3, -0.25) is 9.59 Å². The number of halogens is 1. The Balaban J connectivity index is 1.78. The maximum absolute atomic E-state index is 13.0. The summed E-state index contributed by atoms with van der Waals surface area (Å²) in [6.07, 6.45) is 1.51. The lowest BCUT2D eigenvalue weighted by Gasteiger charge is -2.04. The second-order valence-corrected chi connectivity index (χ2v) is 4.90. The topological polar surface area (TPSA) is 70.6 Å². The molecule has 0 spiro atoms. The average molecular weight is 313 g/mol. The number of nitrogens with zero attached hydrogens (tertiary/aromatic N) is 1. The SMILES string of the molecule is Cc1ccc(/C=N/NC(=O)CNC(=O)c2cccc(F)c2)cc1. The van der Waals surface area contributed by atoms with Crippen molar-refractivity contribution >= 4 is 18.0 Å². The molecule has 0 aliphatic rings. The van der Waals surface area contributed by atoms with Crippen LogP contribution in [0, 0.1) is 12.7 Å². The quantitative estimate of drug-likeness (QED) is 0.655. The minimum atomic E-state index is -0.526.